The SMILES string of the molecule is CC(C)CCNC(=O)Cc1nc2ccccc2nc1Cl. The van der Waals surface area contributed by atoms with E-state index in [1.807, 2.05) is 24.3 Å². The predicted molar refractivity (Wildman–Crippen MR) is 80.7 cm³/mol. The zero-order valence-electron chi connectivity index (χ0n) is 11.7. The molecule has 0 aliphatic carbocycles. The molecule has 2 aromatic rings. The Bertz CT molecular complexity index is 613. The number of aromatic nitrogens is 2. The normalized spacial score (nSPS) is 11.0. The number of benzene rings is 1. The Hall–Kier alpha value is -1.68. The maximum absolute atomic E-state index is 11.8. The van der Waals surface area contributed by atoms with E-state index >= 15 is 0 Å². The van der Waals surface area contributed by atoms with E-state index in [2.05, 4.69) is 29.1 Å². The second-order valence-electron chi connectivity index (χ2n) is 5.16. The van der Waals surface area contributed by atoms with Gasteiger partial charge in [0.15, 0.2) is 5.15 Å². The van der Waals surface area contributed by atoms with Crippen molar-refractivity contribution in [3.05, 3.63) is 35.1 Å². The summed E-state index contributed by atoms with van der Waals surface area (Å²) in [5, 5.41) is 3.17. The average Bonchev–Trinajstić information content (AvgIpc) is 2.39. The van der Waals surface area contributed by atoms with Crippen molar-refractivity contribution in [1.29, 1.82) is 0 Å². The largest absolute Gasteiger partial charge is 0.356 e. The molecule has 20 heavy (non-hydrogen) atoms. The molecule has 4 nitrogen and oxygen atoms in total. The lowest BCUT2D eigenvalue weighted by Crippen LogP contribution is -2.27. The molecule has 5 heteroatoms. The van der Waals surface area contributed by atoms with Crippen molar-refractivity contribution in [2.75, 3.05) is 6.54 Å². The van der Waals surface area contributed by atoms with Gasteiger partial charge in [-0.05, 0) is 24.5 Å². The number of hydrogen-bond donors (Lipinski definition) is 1. The molecule has 1 aromatic carbocycles. The molecule has 0 fully saturated rings. The van der Waals surface area contributed by atoms with Gasteiger partial charge in [0.05, 0.1) is 23.1 Å². The van der Waals surface area contributed by atoms with Crippen LogP contribution in [0.15, 0.2) is 24.3 Å². The Balaban J connectivity index is 2.05. The van der Waals surface area contributed by atoms with E-state index in [1.54, 1.807) is 0 Å². The summed E-state index contributed by atoms with van der Waals surface area (Å²) in [6, 6.07) is 7.47. The van der Waals surface area contributed by atoms with Crippen LogP contribution in [0.2, 0.25) is 5.15 Å². The molecule has 106 valence electrons. The van der Waals surface area contributed by atoms with Crippen LogP contribution < -0.4 is 5.32 Å². The fourth-order valence-corrected chi connectivity index (χ4v) is 2.04. The molecular formula is C15H18ClN3O. The zero-order chi connectivity index (χ0) is 14.5. The molecular weight excluding hydrogens is 274 g/mol. The fraction of sp³-hybridized carbons (Fsp3) is 0.400. The van der Waals surface area contributed by atoms with Gasteiger partial charge < -0.3 is 5.32 Å². The monoisotopic (exact) mass is 291 g/mol. The number of nitrogens with one attached hydrogen (secondary N) is 1. The Morgan fingerprint density at radius 3 is 2.55 bits per heavy atom. The Morgan fingerprint density at radius 2 is 1.90 bits per heavy atom. The summed E-state index contributed by atoms with van der Waals surface area (Å²) in [6.07, 6.45) is 1.12. The Labute approximate surface area is 123 Å². The third-order valence-corrected chi connectivity index (χ3v) is 3.27. The van der Waals surface area contributed by atoms with Crippen molar-refractivity contribution in [2.45, 2.75) is 26.7 Å². The lowest BCUT2D eigenvalue weighted by Gasteiger charge is -2.08. The zero-order valence-corrected chi connectivity index (χ0v) is 12.4. The van der Waals surface area contributed by atoms with Crippen LogP contribution in [0.4, 0.5) is 0 Å². The number of carbonyl (C=O) groups is 1. The number of para-hydroxylation sites is 2. The Kier molecular flexibility index (Phi) is 4.90. The Morgan fingerprint density at radius 1 is 1.25 bits per heavy atom. The lowest BCUT2D eigenvalue weighted by atomic mass is 10.1. The van der Waals surface area contributed by atoms with Crippen LogP contribution in [0.25, 0.3) is 11.0 Å². The smallest absolute Gasteiger partial charge is 0.226 e. The molecule has 0 aliphatic rings. The van der Waals surface area contributed by atoms with E-state index in [1.165, 1.54) is 0 Å². The number of halogens is 1. The summed E-state index contributed by atoms with van der Waals surface area (Å²) in [7, 11) is 0. The molecule has 0 bridgehead atoms. The third-order valence-electron chi connectivity index (χ3n) is 2.97. The van der Waals surface area contributed by atoms with Gasteiger partial charge in [-0.25, -0.2) is 9.97 Å². The molecule has 0 unspecified atom stereocenters. The molecule has 1 N–H and O–H groups in total. The van der Waals surface area contributed by atoms with Crippen molar-refractivity contribution in [3.8, 4) is 0 Å². The van der Waals surface area contributed by atoms with E-state index in [4.69, 9.17) is 11.6 Å². The molecule has 0 radical (unpaired) electrons. The van der Waals surface area contributed by atoms with Crippen molar-refractivity contribution in [3.63, 3.8) is 0 Å². The quantitative estimate of drug-likeness (QED) is 0.921. The van der Waals surface area contributed by atoms with E-state index < -0.39 is 0 Å². The highest BCUT2D eigenvalue weighted by molar-refractivity contribution is 6.30. The minimum atomic E-state index is -0.0721. The van der Waals surface area contributed by atoms with Crippen LogP contribution in [0.3, 0.4) is 0 Å². The second kappa shape index (κ2) is 6.66. The lowest BCUT2D eigenvalue weighted by molar-refractivity contribution is -0.120. The summed E-state index contributed by atoms with van der Waals surface area (Å²) >= 11 is 6.08. The summed E-state index contributed by atoms with van der Waals surface area (Å²) in [6.45, 7) is 4.92. The number of rotatable bonds is 5. The molecule has 0 saturated heterocycles. The molecule has 0 spiro atoms. The van der Waals surface area contributed by atoms with Crippen molar-refractivity contribution in [1.82, 2.24) is 15.3 Å². The summed E-state index contributed by atoms with van der Waals surface area (Å²) < 4.78 is 0. The molecule has 2 rings (SSSR count). The number of carbonyl (C=O) groups excluding carboxylic acids is 1. The van der Waals surface area contributed by atoms with Crippen molar-refractivity contribution in [2.24, 2.45) is 5.92 Å². The fourth-order valence-electron chi connectivity index (χ4n) is 1.84. The molecule has 0 saturated carbocycles. The average molecular weight is 292 g/mol. The van der Waals surface area contributed by atoms with E-state index in [9.17, 15) is 4.79 Å². The maximum Gasteiger partial charge on any atom is 0.226 e. The van der Waals surface area contributed by atoms with Crippen LogP contribution in [-0.4, -0.2) is 22.4 Å². The first-order valence-electron chi connectivity index (χ1n) is 6.74. The predicted octanol–water partition coefficient (Wildman–Crippen LogP) is 2.99. The van der Waals surface area contributed by atoms with Gasteiger partial charge in [0.2, 0.25) is 5.91 Å². The highest BCUT2D eigenvalue weighted by atomic mass is 35.5. The van der Waals surface area contributed by atoms with Gasteiger partial charge in [0.25, 0.3) is 0 Å². The first-order valence-corrected chi connectivity index (χ1v) is 7.12. The molecule has 0 atom stereocenters. The molecule has 1 amide bonds. The second-order valence-corrected chi connectivity index (χ2v) is 5.52. The summed E-state index contributed by atoms with van der Waals surface area (Å²) in [4.78, 5) is 20.5. The highest BCUT2D eigenvalue weighted by Crippen LogP contribution is 2.17. The first-order chi connectivity index (χ1) is 9.56. The number of fused-ring (bicyclic) bond motifs is 1. The molecule has 0 aliphatic heterocycles. The van der Waals surface area contributed by atoms with E-state index in [0.29, 0.717) is 23.3 Å². The number of amides is 1. The first kappa shape index (κ1) is 14.7. The minimum Gasteiger partial charge on any atom is -0.356 e. The van der Waals surface area contributed by atoms with Crippen LogP contribution in [0, 0.1) is 5.92 Å². The molecule has 1 aromatic heterocycles. The van der Waals surface area contributed by atoms with Gasteiger partial charge in [0.1, 0.15) is 0 Å². The molecule has 1 heterocycles. The van der Waals surface area contributed by atoms with Gasteiger partial charge >= 0.3 is 0 Å². The van der Waals surface area contributed by atoms with Crippen LogP contribution in [0.5, 0.6) is 0 Å². The van der Waals surface area contributed by atoms with Gasteiger partial charge in [-0.2, -0.15) is 0 Å². The topological polar surface area (TPSA) is 54.9 Å². The van der Waals surface area contributed by atoms with Crippen LogP contribution >= 0.6 is 11.6 Å². The highest BCUT2D eigenvalue weighted by Gasteiger charge is 2.11. The third kappa shape index (κ3) is 3.90. The minimum absolute atomic E-state index is 0.0721. The van der Waals surface area contributed by atoms with Crippen molar-refractivity contribution < 1.29 is 4.79 Å². The van der Waals surface area contributed by atoms with Gasteiger partial charge in [-0.3, -0.25) is 4.79 Å². The summed E-state index contributed by atoms with van der Waals surface area (Å²) in [5.41, 5.74) is 2.01. The van der Waals surface area contributed by atoms with Crippen LogP contribution in [0.1, 0.15) is 26.0 Å². The number of nitrogens with zero attached hydrogens (tertiary/aromatic N) is 2. The summed E-state index contributed by atoms with van der Waals surface area (Å²) in [5.74, 6) is 0.497. The number of hydrogen-bond acceptors (Lipinski definition) is 3. The van der Waals surface area contributed by atoms with Gasteiger partial charge in [0, 0.05) is 6.54 Å². The van der Waals surface area contributed by atoms with E-state index in [0.717, 1.165) is 17.5 Å². The standard InChI is InChI=1S/C15H18ClN3O/c1-10(2)7-8-17-14(20)9-13-15(16)19-12-6-4-3-5-11(12)18-13/h3-6,10H,7-9H2,1-2H3,(H,17,20). The maximum atomic E-state index is 11.8. The van der Waals surface area contributed by atoms with Crippen molar-refractivity contribution >= 4 is 28.5 Å². The van der Waals surface area contributed by atoms with Crippen LogP contribution in [-0.2, 0) is 11.2 Å². The van der Waals surface area contributed by atoms with Gasteiger partial charge in [-0.15, -0.1) is 0 Å². The van der Waals surface area contributed by atoms with Gasteiger partial charge in [-0.1, -0.05) is 37.6 Å². The van der Waals surface area contributed by atoms with E-state index in [-0.39, 0.29) is 12.3 Å².